The Bertz CT molecular complexity index is 972. The Kier molecular flexibility index (Phi) is 3.03. The van der Waals surface area contributed by atoms with Crippen LogP contribution in [0.5, 0.6) is 11.5 Å². The quantitative estimate of drug-likeness (QED) is 0.769. The molecule has 1 saturated heterocycles. The van der Waals surface area contributed by atoms with Crippen molar-refractivity contribution in [2.75, 3.05) is 11.7 Å². The van der Waals surface area contributed by atoms with Gasteiger partial charge in [0.2, 0.25) is 18.8 Å². The molecule has 130 valence electrons. The van der Waals surface area contributed by atoms with E-state index in [1.54, 1.807) is 18.2 Å². The predicted octanol–water partition coefficient (Wildman–Crippen LogP) is 1.85. The van der Waals surface area contributed by atoms with E-state index in [0.29, 0.717) is 28.5 Å². The Hall–Kier alpha value is -3.42. The molecule has 7 nitrogen and oxygen atoms in total. The molecular weight excluding hydrogens is 343 g/mol. The molecule has 8 heteroatoms. The monoisotopic (exact) mass is 354 g/mol. The van der Waals surface area contributed by atoms with Gasteiger partial charge in [0.25, 0.3) is 5.91 Å². The van der Waals surface area contributed by atoms with Crippen LogP contribution in [0.25, 0.3) is 0 Å². The lowest BCUT2D eigenvalue weighted by Crippen LogP contribution is -2.33. The van der Waals surface area contributed by atoms with Crippen molar-refractivity contribution in [2.24, 2.45) is 11.1 Å². The van der Waals surface area contributed by atoms with E-state index >= 15 is 0 Å². The summed E-state index contributed by atoms with van der Waals surface area (Å²) in [4.78, 5) is 31.9. The highest BCUT2D eigenvalue weighted by molar-refractivity contribution is 6.32. The zero-order chi connectivity index (χ0) is 17.8. The molecule has 3 heterocycles. The van der Waals surface area contributed by atoms with E-state index in [9.17, 15) is 14.0 Å². The highest BCUT2D eigenvalue weighted by atomic mass is 19.1. The number of carbonyl (C=O) groups is 2. The molecule has 2 amide bonds. The van der Waals surface area contributed by atoms with Gasteiger partial charge in [-0.2, -0.15) is 0 Å². The van der Waals surface area contributed by atoms with E-state index in [1.165, 1.54) is 24.3 Å². The summed E-state index contributed by atoms with van der Waals surface area (Å²) in [6.45, 7) is 0.0937. The molecule has 3 aliphatic heterocycles. The Labute approximate surface area is 146 Å². The summed E-state index contributed by atoms with van der Waals surface area (Å²) in [5, 5.41) is 3.89. The number of anilines is 1. The Morgan fingerprint density at radius 3 is 2.58 bits per heavy atom. The second-order valence-corrected chi connectivity index (χ2v) is 6.04. The molecule has 0 bridgehead atoms. The lowest BCUT2D eigenvalue weighted by molar-refractivity contribution is -0.126. The largest absolute Gasteiger partial charge is 0.454 e. The molecule has 5 rings (SSSR count). The second-order valence-electron chi connectivity index (χ2n) is 6.04. The number of halogens is 1. The van der Waals surface area contributed by atoms with Crippen LogP contribution in [0.2, 0.25) is 0 Å². The lowest BCUT2D eigenvalue weighted by Gasteiger charge is -2.15. The number of nitrogens with zero attached hydrogens (tertiary/aromatic N) is 2. The minimum atomic E-state index is -1.02. The predicted molar refractivity (Wildman–Crippen MR) is 86.4 cm³/mol. The number of oxime groups is 1. The number of benzene rings is 2. The van der Waals surface area contributed by atoms with Crippen molar-refractivity contribution < 1.29 is 28.3 Å². The van der Waals surface area contributed by atoms with Gasteiger partial charge < -0.3 is 14.3 Å². The first-order chi connectivity index (χ1) is 12.6. The number of imide groups is 1. The number of rotatable bonds is 2. The van der Waals surface area contributed by atoms with Crippen molar-refractivity contribution in [2.45, 2.75) is 6.10 Å². The highest BCUT2D eigenvalue weighted by Crippen LogP contribution is 2.40. The summed E-state index contributed by atoms with van der Waals surface area (Å²) in [6, 6.07) is 10.4. The average Bonchev–Trinajstić information content (AvgIpc) is 3.33. The normalized spacial score (nSPS) is 23.1. The first-order valence-corrected chi connectivity index (χ1v) is 7.90. The number of ether oxygens (including phenoxy) is 2. The van der Waals surface area contributed by atoms with Crippen LogP contribution in [-0.4, -0.2) is 30.4 Å². The van der Waals surface area contributed by atoms with E-state index in [1.807, 2.05) is 0 Å². The third kappa shape index (κ3) is 2.01. The first kappa shape index (κ1) is 14.9. The summed E-state index contributed by atoms with van der Waals surface area (Å²) < 4.78 is 23.7. The molecule has 2 aromatic rings. The molecule has 0 aromatic heterocycles. The molecule has 0 aliphatic carbocycles. The van der Waals surface area contributed by atoms with Gasteiger partial charge in [-0.25, -0.2) is 9.29 Å². The van der Waals surface area contributed by atoms with E-state index in [0.717, 1.165) is 4.90 Å². The van der Waals surface area contributed by atoms with Gasteiger partial charge in [-0.1, -0.05) is 17.3 Å². The maximum Gasteiger partial charge on any atom is 0.278 e. The first-order valence-electron chi connectivity index (χ1n) is 7.90. The summed E-state index contributed by atoms with van der Waals surface area (Å²) in [5.41, 5.74) is 1.23. The number of hydrogen-bond donors (Lipinski definition) is 0. The molecule has 0 radical (unpaired) electrons. The molecule has 26 heavy (non-hydrogen) atoms. The summed E-state index contributed by atoms with van der Waals surface area (Å²) in [6.07, 6.45) is -1.02. The smallest absolute Gasteiger partial charge is 0.278 e. The van der Waals surface area contributed by atoms with Crippen LogP contribution in [0.3, 0.4) is 0 Å². The fourth-order valence-electron chi connectivity index (χ4n) is 3.32. The van der Waals surface area contributed by atoms with Gasteiger partial charge in [0.15, 0.2) is 11.5 Å². The van der Waals surface area contributed by atoms with E-state index in [-0.39, 0.29) is 6.79 Å². The molecule has 3 aliphatic rings. The van der Waals surface area contributed by atoms with Gasteiger partial charge >= 0.3 is 0 Å². The van der Waals surface area contributed by atoms with Gasteiger partial charge in [-0.15, -0.1) is 0 Å². The number of amides is 2. The molecular formula is C18H11FN2O5. The molecule has 0 saturated carbocycles. The molecule has 0 spiro atoms. The van der Waals surface area contributed by atoms with Crippen LogP contribution in [0.4, 0.5) is 10.1 Å². The Morgan fingerprint density at radius 2 is 1.77 bits per heavy atom. The SMILES string of the molecule is O=C1C2ON=C(c3ccc(F)cc3)C2C(=O)N1c1ccc2c(c1)OCO2. The summed E-state index contributed by atoms with van der Waals surface area (Å²) in [7, 11) is 0. The zero-order valence-electron chi connectivity index (χ0n) is 13.2. The minimum absolute atomic E-state index is 0.0937. The van der Waals surface area contributed by atoms with Gasteiger partial charge in [0.05, 0.1) is 5.69 Å². The van der Waals surface area contributed by atoms with Crippen LogP contribution in [0.15, 0.2) is 47.6 Å². The molecule has 0 N–H and O–H groups in total. The Morgan fingerprint density at radius 1 is 1.00 bits per heavy atom. The average molecular weight is 354 g/mol. The van der Waals surface area contributed by atoms with E-state index in [4.69, 9.17) is 14.3 Å². The van der Waals surface area contributed by atoms with Crippen molar-refractivity contribution in [3.63, 3.8) is 0 Å². The van der Waals surface area contributed by atoms with Crippen LogP contribution in [-0.2, 0) is 14.4 Å². The topological polar surface area (TPSA) is 77.4 Å². The van der Waals surface area contributed by atoms with Crippen LogP contribution in [0.1, 0.15) is 5.56 Å². The fraction of sp³-hybridized carbons (Fsp3) is 0.167. The standard InChI is InChI=1S/C18H11FN2O5/c19-10-3-1-9(2-4-10)15-14-16(26-20-15)18(23)21(17(14)22)11-5-6-12-13(7-11)25-8-24-12/h1-7,14,16H,8H2. The maximum atomic E-state index is 13.2. The van der Waals surface area contributed by atoms with Crippen molar-refractivity contribution in [3.8, 4) is 11.5 Å². The third-order valence-electron chi connectivity index (χ3n) is 4.57. The van der Waals surface area contributed by atoms with Gasteiger partial charge in [0, 0.05) is 11.6 Å². The van der Waals surface area contributed by atoms with Crippen molar-refractivity contribution in [1.82, 2.24) is 0 Å². The zero-order valence-corrected chi connectivity index (χ0v) is 13.2. The van der Waals surface area contributed by atoms with Gasteiger partial charge in [0.1, 0.15) is 17.4 Å². The molecule has 2 unspecified atom stereocenters. The molecule has 2 atom stereocenters. The van der Waals surface area contributed by atoms with E-state index < -0.39 is 29.7 Å². The third-order valence-corrected chi connectivity index (χ3v) is 4.57. The second kappa shape index (κ2) is 5.29. The number of fused-ring (bicyclic) bond motifs is 2. The fourth-order valence-corrected chi connectivity index (χ4v) is 3.32. The summed E-state index contributed by atoms with van der Waals surface area (Å²) >= 11 is 0. The van der Waals surface area contributed by atoms with Crippen molar-refractivity contribution in [3.05, 3.63) is 53.8 Å². The lowest BCUT2D eigenvalue weighted by atomic mass is 9.94. The minimum Gasteiger partial charge on any atom is -0.454 e. The van der Waals surface area contributed by atoms with Crippen molar-refractivity contribution in [1.29, 1.82) is 0 Å². The molecule has 1 fully saturated rings. The van der Waals surface area contributed by atoms with Crippen LogP contribution < -0.4 is 14.4 Å². The van der Waals surface area contributed by atoms with Gasteiger partial charge in [-0.3, -0.25) is 9.59 Å². The molecule has 2 aromatic carbocycles. The van der Waals surface area contributed by atoms with Crippen LogP contribution in [0, 0.1) is 11.7 Å². The van der Waals surface area contributed by atoms with Crippen LogP contribution >= 0.6 is 0 Å². The van der Waals surface area contributed by atoms with E-state index in [2.05, 4.69) is 5.16 Å². The highest BCUT2D eigenvalue weighted by Gasteiger charge is 2.56. The van der Waals surface area contributed by atoms with Gasteiger partial charge in [-0.05, 0) is 24.3 Å². The van der Waals surface area contributed by atoms with Crippen molar-refractivity contribution >= 4 is 23.2 Å². The summed E-state index contributed by atoms with van der Waals surface area (Å²) in [5.74, 6) is -1.19. The number of carbonyl (C=O) groups excluding carboxylic acids is 2. The maximum absolute atomic E-state index is 13.2. The number of hydrogen-bond acceptors (Lipinski definition) is 6. The Balaban J connectivity index is 1.50.